The molecule has 2 aromatic carbocycles. The quantitative estimate of drug-likeness (QED) is 0.603. The molecule has 0 saturated carbocycles. The molecule has 6 heteroatoms. The number of nitro groups is 1. The van der Waals surface area contributed by atoms with E-state index in [0.717, 1.165) is 10.0 Å². The fraction of sp³-hybridized carbons (Fsp3) is 0.0769. The number of ether oxygens (including phenoxy) is 1. The minimum absolute atomic E-state index is 0.0458. The van der Waals surface area contributed by atoms with Gasteiger partial charge in [0, 0.05) is 10.5 Å². The van der Waals surface area contributed by atoms with Crippen LogP contribution in [0.5, 0.6) is 5.75 Å². The van der Waals surface area contributed by atoms with Gasteiger partial charge in [-0.3, -0.25) is 10.1 Å². The highest BCUT2D eigenvalue weighted by Crippen LogP contribution is 2.28. The van der Waals surface area contributed by atoms with Crippen molar-refractivity contribution in [2.75, 3.05) is 0 Å². The van der Waals surface area contributed by atoms with Crippen LogP contribution in [0.25, 0.3) is 0 Å². The Bertz CT molecular complexity index is 619. The summed E-state index contributed by atoms with van der Waals surface area (Å²) in [5.74, 6) is 0.249. The topological polar surface area (TPSA) is 52.4 Å². The fourth-order valence-electron chi connectivity index (χ4n) is 1.52. The molecule has 0 N–H and O–H groups in total. The molecule has 0 bridgehead atoms. The van der Waals surface area contributed by atoms with Crippen molar-refractivity contribution >= 4 is 33.2 Å². The van der Waals surface area contributed by atoms with Gasteiger partial charge in [-0.1, -0.05) is 29.8 Å². The molecule has 2 aromatic rings. The minimum Gasteiger partial charge on any atom is -0.482 e. The third-order valence-electron chi connectivity index (χ3n) is 2.44. The molecular formula is C13H9BrClNO3. The second-order valence-corrected chi connectivity index (χ2v) is 5.02. The number of rotatable bonds is 4. The van der Waals surface area contributed by atoms with Gasteiger partial charge in [-0.05, 0) is 39.7 Å². The van der Waals surface area contributed by atoms with Crippen LogP contribution in [-0.2, 0) is 6.61 Å². The van der Waals surface area contributed by atoms with Crippen LogP contribution in [0.2, 0.25) is 5.02 Å². The number of halogens is 2. The highest BCUT2D eigenvalue weighted by Gasteiger charge is 2.13. The number of hydrogen-bond acceptors (Lipinski definition) is 3. The van der Waals surface area contributed by atoms with Crippen LogP contribution in [0.15, 0.2) is 46.9 Å². The average molecular weight is 343 g/mol. The first-order chi connectivity index (χ1) is 9.08. The molecular weight excluding hydrogens is 334 g/mol. The molecule has 0 aliphatic heterocycles. The first-order valence-electron chi connectivity index (χ1n) is 5.38. The van der Waals surface area contributed by atoms with Crippen LogP contribution < -0.4 is 4.74 Å². The van der Waals surface area contributed by atoms with E-state index in [9.17, 15) is 10.1 Å². The SMILES string of the molecule is O=[N+]([O-])c1ccccc1OCc1ccc(Cl)c(Br)c1. The Balaban J connectivity index is 2.14. The Labute approximate surface area is 123 Å². The predicted molar refractivity (Wildman–Crippen MR) is 76.6 cm³/mol. The lowest BCUT2D eigenvalue weighted by atomic mass is 10.2. The van der Waals surface area contributed by atoms with Crippen LogP contribution in [0, 0.1) is 10.1 Å². The summed E-state index contributed by atoms with van der Waals surface area (Å²) in [5.41, 5.74) is 0.824. The van der Waals surface area contributed by atoms with E-state index in [0.29, 0.717) is 5.02 Å². The number of para-hydroxylation sites is 2. The highest BCUT2D eigenvalue weighted by molar-refractivity contribution is 9.10. The van der Waals surface area contributed by atoms with Gasteiger partial charge >= 0.3 is 5.69 Å². The summed E-state index contributed by atoms with van der Waals surface area (Å²) in [7, 11) is 0. The van der Waals surface area contributed by atoms with Crippen molar-refractivity contribution in [3.63, 3.8) is 0 Å². The number of nitro benzene ring substituents is 1. The molecule has 0 unspecified atom stereocenters. The zero-order chi connectivity index (χ0) is 13.8. The van der Waals surface area contributed by atoms with Crippen LogP contribution in [-0.4, -0.2) is 4.92 Å². The Morgan fingerprint density at radius 1 is 1.26 bits per heavy atom. The van der Waals surface area contributed by atoms with Gasteiger partial charge in [0.15, 0.2) is 5.75 Å². The van der Waals surface area contributed by atoms with Gasteiger partial charge in [0.25, 0.3) is 0 Å². The van der Waals surface area contributed by atoms with Gasteiger partial charge in [-0.2, -0.15) is 0 Å². The Kier molecular flexibility index (Phi) is 4.39. The number of benzene rings is 2. The molecule has 0 spiro atoms. The monoisotopic (exact) mass is 341 g/mol. The first kappa shape index (κ1) is 13.8. The van der Waals surface area contributed by atoms with Crippen LogP contribution >= 0.6 is 27.5 Å². The zero-order valence-electron chi connectivity index (χ0n) is 9.68. The van der Waals surface area contributed by atoms with Crippen LogP contribution in [0.1, 0.15) is 5.56 Å². The van der Waals surface area contributed by atoms with Crippen molar-refractivity contribution in [1.29, 1.82) is 0 Å². The van der Waals surface area contributed by atoms with E-state index in [1.807, 2.05) is 12.1 Å². The molecule has 0 aliphatic carbocycles. The van der Waals surface area contributed by atoms with Crippen molar-refractivity contribution < 1.29 is 9.66 Å². The average Bonchev–Trinajstić information content (AvgIpc) is 2.40. The molecule has 0 aliphatic rings. The maximum Gasteiger partial charge on any atom is 0.310 e. The normalized spacial score (nSPS) is 10.2. The second-order valence-electron chi connectivity index (χ2n) is 3.76. The van der Waals surface area contributed by atoms with E-state index >= 15 is 0 Å². The van der Waals surface area contributed by atoms with Crippen molar-refractivity contribution in [2.45, 2.75) is 6.61 Å². The van der Waals surface area contributed by atoms with E-state index in [4.69, 9.17) is 16.3 Å². The van der Waals surface area contributed by atoms with E-state index in [1.165, 1.54) is 6.07 Å². The molecule has 0 heterocycles. The number of hydrogen-bond donors (Lipinski definition) is 0. The summed E-state index contributed by atoms with van der Waals surface area (Å²) in [5, 5.41) is 11.4. The molecule has 2 rings (SSSR count). The highest BCUT2D eigenvalue weighted by atomic mass is 79.9. The van der Waals surface area contributed by atoms with Gasteiger partial charge in [-0.25, -0.2) is 0 Å². The van der Waals surface area contributed by atoms with Gasteiger partial charge in [0.2, 0.25) is 0 Å². The molecule has 0 fully saturated rings. The molecule has 19 heavy (non-hydrogen) atoms. The Hall–Kier alpha value is -1.59. The predicted octanol–water partition coefficient (Wildman–Crippen LogP) is 4.59. The maximum absolute atomic E-state index is 10.8. The lowest BCUT2D eigenvalue weighted by Crippen LogP contribution is -1.99. The van der Waals surface area contributed by atoms with Crippen LogP contribution in [0.3, 0.4) is 0 Å². The summed E-state index contributed by atoms with van der Waals surface area (Å²) in [6.07, 6.45) is 0. The molecule has 0 radical (unpaired) electrons. The first-order valence-corrected chi connectivity index (χ1v) is 6.55. The van der Waals surface area contributed by atoms with Crippen molar-refractivity contribution in [3.8, 4) is 5.75 Å². The molecule has 98 valence electrons. The largest absolute Gasteiger partial charge is 0.482 e. The van der Waals surface area contributed by atoms with E-state index < -0.39 is 4.92 Å². The summed E-state index contributed by atoms with van der Waals surface area (Å²) < 4.78 is 6.24. The minimum atomic E-state index is -0.465. The van der Waals surface area contributed by atoms with Gasteiger partial charge in [0.05, 0.1) is 9.95 Å². The fourth-order valence-corrected chi connectivity index (χ4v) is 2.06. The lowest BCUT2D eigenvalue weighted by Gasteiger charge is -2.07. The summed E-state index contributed by atoms with van der Waals surface area (Å²) >= 11 is 9.20. The van der Waals surface area contributed by atoms with E-state index in [2.05, 4.69) is 15.9 Å². The Morgan fingerprint density at radius 2 is 2.00 bits per heavy atom. The summed E-state index contributed by atoms with van der Waals surface area (Å²) in [6.45, 7) is 0.237. The Morgan fingerprint density at radius 3 is 2.68 bits per heavy atom. The molecule has 4 nitrogen and oxygen atoms in total. The van der Waals surface area contributed by atoms with Crippen molar-refractivity contribution in [2.24, 2.45) is 0 Å². The zero-order valence-corrected chi connectivity index (χ0v) is 12.0. The van der Waals surface area contributed by atoms with Gasteiger partial charge in [-0.15, -0.1) is 0 Å². The number of nitrogens with zero attached hydrogens (tertiary/aromatic N) is 1. The van der Waals surface area contributed by atoms with Crippen molar-refractivity contribution in [1.82, 2.24) is 0 Å². The molecule has 0 aromatic heterocycles. The summed E-state index contributed by atoms with van der Waals surface area (Å²) in [4.78, 5) is 10.4. The lowest BCUT2D eigenvalue weighted by molar-refractivity contribution is -0.385. The van der Waals surface area contributed by atoms with Gasteiger partial charge < -0.3 is 4.74 Å². The standard InChI is InChI=1S/C13H9BrClNO3/c14-10-7-9(5-6-11(10)15)8-19-13-4-2-1-3-12(13)16(17)18/h1-7H,8H2. The molecule has 0 amide bonds. The third kappa shape index (κ3) is 3.45. The second kappa shape index (κ2) is 6.04. The van der Waals surface area contributed by atoms with Crippen molar-refractivity contribution in [3.05, 3.63) is 67.6 Å². The van der Waals surface area contributed by atoms with Gasteiger partial charge in [0.1, 0.15) is 6.61 Å². The third-order valence-corrected chi connectivity index (χ3v) is 3.65. The molecule has 0 saturated heterocycles. The van der Waals surface area contributed by atoms with E-state index in [1.54, 1.807) is 24.3 Å². The summed E-state index contributed by atoms with van der Waals surface area (Å²) in [6, 6.07) is 11.6. The van der Waals surface area contributed by atoms with E-state index in [-0.39, 0.29) is 18.0 Å². The maximum atomic E-state index is 10.8. The van der Waals surface area contributed by atoms with Crippen LogP contribution in [0.4, 0.5) is 5.69 Å². The molecule has 0 atom stereocenters. The smallest absolute Gasteiger partial charge is 0.310 e.